The number of nitrogens with one attached hydrogen (secondary N) is 1. The Bertz CT molecular complexity index is 656. The van der Waals surface area contributed by atoms with E-state index >= 15 is 0 Å². The van der Waals surface area contributed by atoms with Gasteiger partial charge in [-0.1, -0.05) is 11.6 Å². The van der Waals surface area contributed by atoms with Crippen LogP contribution in [-0.4, -0.2) is 16.1 Å². The minimum absolute atomic E-state index is 0.0789. The van der Waals surface area contributed by atoms with E-state index in [9.17, 15) is 9.59 Å². The Kier molecular flexibility index (Phi) is 3.50. The fraction of sp³-hybridized carbons (Fsp3) is 0.0833. The highest BCUT2D eigenvalue weighted by molar-refractivity contribution is 6.67. The van der Waals surface area contributed by atoms with E-state index in [0.29, 0.717) is 21.6 Å². The summed E-state index contributed by atoms with van der Waals surface area (Å²) in [4.78, 5) is 26.4. The van der Waals surface area contributed by atoms with Crippen molar-refractivity contribution in [2.24, 2.45) is 0 Å². The summed E-state index contributed by atoms with van der Waals surface area (Å²) < 4.78 is 0. The third-order valence-corrected chi connectivity index (χ3v) is 2.71. The fourth-order valence-corrected chi connectivity index (χ4v) is 1.86. The van der Waals surface area contributed by atoms with Crippen LogP contribution in [0.25, 0.3) is 10.9 Å². The number of amides is 1. The second-order valence-corrected chi connectivity index (χ2v) is 4.45. The summed E-state index contributed by atoms with van der Waals surface area (Å²) >= 11 is 11.3. The van der Waals surface area contributed by atoms with Crippen LogP contribution in [0.15, 0.2) is 24.3 Å². The van der Waals surface area contributed by atoms with Gasteiger partial charge in [-0.3, -0.25) is 9.59 Å². The van der Waals surface area contributed by atoms with E-state index in [1.54, 1.807) is 18.2 Å². The molecule has 18 heavy (non-hydrogen) atoms. The normalized spacial score (nSPS) is 10.4. The van der Waals surface area contributed by atoms with Gasteiger partial charge in [0, 0.05) is 17.3 Å². The Hall–Kier alpha value is -1.65. The number of rotatable bonds is 2. The molecule has 0 spiro atoms. The predicted octanol–water partition coefficient (Wildman–Crippen LogP) is 3.23. The first-order valence-corrected chi connectivity index (χ1v) is 5.80. The molecule has 0 fully saturated rings. The highest BCUT2D eigenvalue weighted by atomic mass is 35.5. The Morgan fingerprint density at radius 1 is 1.28 bits per heavy atom. The molecule has 1 aromatic heterocycles. The van der Waals surface area contributed by atoms with Gasteiger partial charge in [-0.25, -0.2) is 4.98 Å². The van der Waals surface area contributed by atoms with E-state index in [-0.39, 0.29) is 11.6 Å². The van der Waals surface area contributed by atoms with Crippen molar-refractivity contribution in [1.29, 1.82) is 0 Å². The Morgan fingerprint density at radius 2 is 2.00 bits per heavy atom. The first-order chi connectivity index (χ1) is 8.47. The molecule has 0 aliphatic rings. The molecule has 0 saturated heterocycles. The molecular formula is C12H8Cl2N2O2. The molecule has 2 aromatic rings. The topological polar surface area (TPSA) is 59.1 Å². The molecule has 1 N–H and O–H groups in total. The van der Waals surface area contributed by atoms with Gasteiger partial charge < -0.3 is 5.32 Å². The summed E-state index contributed by atoms with van der Waals surface area (Å²) in [7, 11) is 0. The van der Waals surface area contributed by atoms with E-state index < -0.39 is 5.24 Å². The van der Waals surface area contributed by atoms with Crippen LogP contribution < -0.4 is 5.32 Å². The second kappa shape index (κ2) is 4.92. The maximum Gasteiger partial charge on any atom is 0.270 e. The number of carbonyl (C=O) groups is 2. The number of carbonyl (C=O) groups excluding carboxylic acids is 2. The van der Waals surface area contributed by atoms with Crippen molar-refractivity contribution in [3.8, 4) is 0 Å². The molecule has 0 atom stereocenters. The minimum Gasteiger partial charge on any atom is -0.326 e. The molecule has 1 amide bonds. The number of hydrogen-bond donors (Lipinski definition) is 1. The summed E-state index contributed by atoms with van der Waals surface area (Å²) in [5, 5.41) is 3.11. The monoisotopic (exact) mass is 282 g/mol. The molecule has 0 saturated carbocycles. The number of aromatic nitrogens is 1. The minimum atomic E-state index is -0.682. The lowest BCUT2D eigenvalue weighted by molar-refractivity contribution is -0.114. The van der Waals surface area contributed by atoms with Crippen LogP contribution in [0.2, 0.25) is 5.02 Å². The molecule has 6 heteroatoms. The van der Waals surface area contributed by atoms with Gasteiger partial charge >= 0.3 is 0 Å². The maximum absolute atomic E-state index is 11.2. The molecule has 0 radical (unpaired) electrons. The first-order valence-electron chi connectivity index (χ1n) is 5.05. The lowest BCUT2D eigenvalue weighted by atomic mass is 10.1. The van der Waals surface area contributed by atoms with Crippen molar-refractivity contribution >= 4 is 50.9 Å². The average Bonchev–Trinajstić information content (AvgIpc) is 2.28. The molecule has 0 bridgehead atoms. The summed E-state index contributed by atoms with van der Waals surface area (Å²) in [6, 6.07) is 6.40. The van der Waals surface area contributed by atoms with E-state index in [0.717, 1.165) is 0 Å². The lowest BCUT2D eigenvalue weighted by Gasteiger charge is -2.08. The smallest absolute Gasteiger partial charge is 0.270 e. The van der Waals surface area contributed by atoms with Gasteiger partial charge in [-0.15, -0.1) is 0 Å². The van der Waals surface area contributed by atoms with Gasteiger partial charge in [0.1, 0.15) is 5.69 Å². The van der Waals surface area contributed by atoms with Gasteiger partial charge in [0.25, 0.3) is 5.24 Å². The van der Waals surface area contributed by atoms with E-state index in [2.05, 4.69) is 10.3 Å². The zero-order valence-corrected chi connectivity index (χ0v) is 10.8. The molecule has 92 valence electrons. The van der Waals surface area contributed by atoms with E-state index in [4.69, 9.17) is 23.2 Å². The lowest BCUT2D eigenvalue weighted by Crippen LogP contribution is -2.08. The largest absolute Gasteiger partial charge is 0.326 e. The number of benzene rings is 1. The summed E-state index contributed by atoms with van der Waals surface area (Å²) in [6.07, 6.45) is 0. The summed E-state index contributed by atoms with van der Waals surface area (Å²) in [6.45, 7) is 1.37. The zero-order valence-electron chi connectivity index (χ0n) is 9.33. The van der Waals surface area contributed by atoms with Gasteiger partial charge in [-0.2, -0.15) is 0 Å². The van der Waals surface area contributed by atoms with Crippen molar-refractivity contribution in [2.75, 3.05) is 5.32 Å². The highest BCUT2D eigenvalue weighted by Gasteiger charge is 2.11. The van der Waals surface area contributed by atoms with Crippen molar-refractivity contribution in [1.82, 2.24) is 4.98 Å². The number of anilines is 1. The number of nitrogens with zero attached hydrogens (tertiary/aromatic N) is 1. The fourth-order valence-electron chi connectivity index (χ4n) is 1.59. The Balaban J connectivity index is 2.72. The Morgan fingerprint density at radius 3 is 2.61 bits per heavy atom. The Labute approximate surface area is 113 Å². The van der Waals surface area contributed by atoms with Gasteiger partial charge in [-0.05, 0) is 35.9 Å². The SMILES string of the molecule is CC(=O)Nc1cc(C(=O)Cl)nc2ccc(Cl)cc12. The number of fused-ring (bicyclic) bond motifs is 1. The highest BCUT2D eigenvalue weighted by Crippen LogP contribution is 2.26. The number of hydrogen-bond acceptors (Lipinski definition) is 3. The van der Waals surface area contributed by atoms with Gasteiger partial charge in [0.05, 0.1) is 11.2 Å². The van der Waals surface area contributed by atoms with Crippen molar-refractivity contribution in [3.05, 3.63) is 35.0 Å². The van der Waals surface area contributed by atoms with Crippen molar-refractivity contribution in [3.63, 3.8) is 0 Å². The van der Waals surface area contributed by atoms with Crippen LogP contribution in [0.1, 0.15) is 17.4 Å². The van der Waals surface area contributed by atoms with Crippen LogP contribution in [0.4, 0.5) is 5.69 Å². The maximum atomic E-state index is 11.2. The molecule has 4 nitrogen and oxygen atoms in total. The van der Waals surface area contributed by atoms with Crippen LogP contribution in [0, 0.1) is 0 Å². The summed E-state index contributed by atoms with van der Waals surface area (Å²) in [5.41, 5.74) is 1.07. The average molecular weight is 283 g/mol. The second-order valence-electron chi connectivity index (χ2n) is 3.67. The zero-order chi connectivity index (χ0) is 13.3. The summed E-state index contributed by atoms with van der Waals surface area (Å²) in [5.74, 6) is -0.254. The van der Waals surface area contributed by atoms with Gasteiger partial charge in [0.15, 0.2) is 0 Å². The quantitative estimate of drug-likeness (QED) is 0.861. The van der Waals surface area contributed by atoms with E-state index in [1.807, 2.05) is 0 Å². The number of pyridine rings is 1. The van der Waals surface area contributed by atoms with Crippen LogP contribution >= 0.6 is 23.2 Å². The predicted molar refractivity (Wildman–Crippen MR) is 71.2 cm³/mol. The molecule has 0 unspecified atom stereocenters. The van der Waals surface area contributed by atoms with Crippen molar-refractivity contribution in [2.45, 2.75) is 6.92 Å². The molecule has 0 aliphatic heterocycles. The molecular weight excluding hydrogens is 275 g/mol. The first kappa shape index (κ1) is 12.8. The van der Waals surface area contributed by atoms with Crippen LogP contribution in [0.3, 0.4) is 0 Å². The molecule has 1 aromatic carbocycles. The molecule has 2 rings (SSSR count). The standard InChI is InChI=1S/C12H8Cl2N2O2/c1-6(17)15-10-5-11(12(14)18)16-9-3-2-7(13)4-8(9)10/h2-5H,1H3,(H,15,16,17). The van der Waals surface area contributed by atoms with Crippen LogP contribution in [0.5, 0.6) is 0 Å². The molecule has 0 aliphatic carbocycles. The third kappa shape index (κ3) is 2.60. The molecule has 1 heterocycles. The van der Waals surface area contributed by atoms with E-state index in [1.165, 1.54) is 13.0 Å². The van der Waals surface area contributed by atoms with Crippen LogP contribution in [-0.2, 0) is 4.79 Å². The third-order valence-electron chi connectivity index (χ3n) is 2.28. The number of halogens is 2. The van der Waals surface area contributed by atoms with Gasteiger partial charge in [0.2, 0.25) is 5.91 Å². The van der Waals surface area contributed by atoms with Crippen molar-refractivity contribution < 1.29 is 9.59 Å².